The van der Waals surface area contributed by atoms with Gasteiger partial charge in [-0.1, -0.05) is 18.2 Å². The highest BCUT2D eigenvalue weighted by Gasteiger charge is 2.66. The van der Waals surface area contributed by atoms with Crippen LogP contribution in [0, 0.1) is 0 Å². The number of aliphatic carboxylic acids is 2. The molecule has 2 aliphatic heterocycles. The standard InChI is InChI=1S/C23H26N4O10S/c1-36-23(20(34)27-16(19(32)33)13(10-37-22(24)35)11-38-21(23)27)26-15(28)9-5-8-14(18(30)31)25-17(29)12-6-3-2-4-7-12/h2-4,6-7,14,21H,5,8-11H2,1H3,(H2,24,35)(H,25,29)(H,26,28)(H,30,31)(H,32,33)/t14?,21-,23-/m0/s1. The number of hydrogen-bond acceptors (Lipinski definition) is 9. The molecule has 3 atom stereocenters. The average Bonchev–Trinajstić information content (AvgIpc) is 2.89. The molecule has 1 aromatic rings. The van der Waals surface area contributed by atoms with Gasteiger partial charge < -0.3 is 36.1 Å². The minimum absolute atomic E-state index is 0.0578. The molecule has 6 N–H and O–H groups in total. The minimum atomic E-state index is -1.84. The molecule has 0 spiro atoms. The smallest absolute Gasteiger partial charge is 0.404 e. The number of hydrogen-bond donors (Lipinski definition) is 5. The zero-order chi connectivity index (χ0) is 28.0. The van der Waals surface area contributed by atoms with Gasteiger partial charge in [0, 0.05) is 30.4 Å². The van der Waals surface area contributed by atoms with Crippen LogP contribution in [0.15, 0.2) is 41.6 Å². The van der Waals surface area contributed by atoms with Gasteiger partial charge in [0.15, 0.2) is 0 Å². The minimum Gasteiger partial charge on any atom is -0.480 e. The fourth-order valence-corrected chi connectivity index (χ4v) is 5.46. The van der Waals surface area contributed by atoms with Gasteiger partial charge in [-0.3, -0.25) is 19.3 Å². The monoisotopic (exact) mass is 550 g/mol. The van der Waals surface area contributed by atoms with E-state index in [1.807, 2.05) is 0 Å². The largest absolute Gasteiger partial charge is 0.480 e. The molecule has 3 rings (SSSR count). The lowest BCUT2D eigenvalue weighted by atomic mass is 9.97. The van der Waals surface area contributed by atoms with Gasteiger partial charge in [-0.2, -0.15) is 0 Å². The summed E-state index contributed by atoms with van der Waals surface area (Å²) in [7, 11) is 1.19. The second-order valence-electron chi connectivity index (χ2n) is 8.31. The summed E-state index contributed by atoms with van der Waals surface area (Å²) < 4.78 is 10.0. The molecule has 1 unspecified atom stereocenters. The maximum absolute atomic E-state index is 13.0. The van der Waals surface area contributed by atoms with Crippen molar-refractivity contribution in [1.29, 1.82) is 0 Å². The van der Waals surface area contributed by atoms with Crippen LogP contribution < -0.4 is 16.4 Å². The van der Waals surface area contributed by atoms with Crippen LogP contribution in [0.25, 0.3) is 0 Å². The number of rotatable bonds is 12. The van der Waals surface area contributed by atoms with E-state index in [1.165, 1.54) is 19.2 Å². The van der Waals surface area contributed by atoms with Crippen molar-refractivity contribution in [1.82, 2.24) is 15.5 Å². The Kier molecular flexibility index (Phi) is 8.96. The highest BCUT2D eigenvalue weighted by Crippen LogP contribution is 2.46. The third kappa shape index (κ3) is 5.89. The van der Waals surface area contributed by atoms with Gasteiger partial charge in [0.2, 0.25) is 5.91 Å². The molecule has 15 heteroatoms. The lowest BCUT2D eigenvalue weighted by Crippen LogP contribution is -2.80. The quantitative estimate of drug-likeness (QED) is 0.170. The summed E-state index contributed by atoms with van der Waals surface area (Å²) >= 11 is 1.10. The topological polar surface area (TPSA) is 215 Å². The number of nitrogens with zero attached hydrogens (tertiary/aromatic N) is 1. The summed E-state index contributed by atoms with van der Waals surface area (Å²) in [5.74, 6) is -4.68. The Labute approximate surface area is 220 Å². The number of carboxylic acid groups (broad SMARTS) is 2. The Morgan fingerprint density at radius 3 is 2.47 bits per heavy atom. The predicted molar refractivity (Wildman–Crippen MR) is 130 cm³/mol. The van der Waals surface area contributed by atoms with Crippen LogP contribution >= 0.6 is 11.8 Å². The van der Waals surface area contributed by atoms with Gasteiger partial charge in [-0.25, -0.2) is 14.4 Å². The van der Waals surface area contributed by atoms with E-state index < -0.39 is 59.5 Å². The number of β-lactam (4-membered cyclic amide) rings is 1. The van der Waals surface area contributed by atoms with Crippen molar-refractivity contribution < 1.29 is 48.5 Å². The third-order valence-electron chi connectivity index (χ3n) is 5.88. The van der Waals surface area contributed by atoms with Crippen molar-refractivity contribution >= 4 is 47.5 Å². The number of methoxy groups -OCH3 is 1. The van der Waals surface area contributed by atoms with E-state index in [4.69, 9.17) is 10.5 Å². The number of nitrogens with one attached hydrogen (secondary N) is 2. The van der Waals surface area contributed by atoms with Gasteiger partial charge in [0.05, 0.1) is 0 Å². The number of nitrogens with two attached hydrogens (primary N) is 1. The van der Waals surface area contributed by atoms with Crippen molar-refractivity contribution in [3.05, 3.63) is 47.2 Å². The summed E-state index contributed by atoms with van der Waals surface area (Å²) in [6.45, 7) is -0.418. The molecule has 1 saturated heterocycles. The molecular weight excluding hydrogens is 524 g/mol. The molecule has 0 aromatic heterocycles. The number of carboxylic acids is 2. The Hall–Kier alpha value is -4.11. The zero-order valence-corrected chi connectivity index (χ0v) is 21.0. The predicted octanol–water partition coefficient (Wildman–Crippen LogP) is -0.152. The molecule has 38 heavy (non-hydrogen) atoms. The summed E-state index contributed by atoms with van der Waals surface area (Å²) in [4.78, 5) is 73.3. The van der Waals surface area contributed by atoms with Crippen LogP contribution in [0.3, 0.4) is 0 Å². The first kappa shape index (κ1) is 28.5. The fraction of sp³-hybridized carbons (Fsp3) is 0.391. The van der Waals surface area contributed by atoms with Crippen molar-refractivity contribution in [2.75, 3.05) is 19.5 Å². The van der Waals surface area contributed by atoms with Gasteiger partial charge in [0.25, 0.3) is 17.5 Å². The zero-order valence-electron chi connectivity index (χ0n) is 20.2. The van der Waals surface area contributed by atoms with Gasteiger partial charge in [-0.15, -0.1) is 11.8 Å². The number of ether oxygens (including phenoxy) is 2. The molecule has 2 heterocycles. The Morgan fingerprint density at radius 1 is 1.21 bits per heavy atom. The molecule has 0 aliphatic carbocycles. The van der Waals surface area contributed by atoms with E-state index in [-0.39, 0.29) is 41.8 Å². The van der Waals surface area contributed by atoms with E-state index >= 15 is 0 Å². The molecular formula is C23H26N4O10S. The lowest BCUT2D eigenvalue weighted by molar-refractivity contribution is -0.192. The Bertz CT molecular complexity index is 1170. The van der Waals surface area contributed by atoms with Crippen molar-refractivity contribution in [2.24, 2.45) is 5.73 Å². The van der Waals surface area contributed by atoms with Crippen molar-refractivity contribution in [3.8, 4) is 0 Å². The molecule has 1 fully saturated rings. The van der Waals surface area contributed by atoms with Gasteiger partial charge in [0.1, 0.15) is 23.7 Å². The lowest BCUT2D eigenvalue weighted by Gasteiger charge is -2.55. The Balaban J connectivity index is 1.61. The second kappa shape index (κ2) is 12.0. The Morgan fingerprint density at radius 2 is 1.89 bits per heavy atom. The third-order valence-corrected chi connectivity index (χ3v) is 7.26. The van der Waals surface area contributed by atoms with Crippen LogP contribution in [-0.2, 0) is 28.7 Å². The first-order valence-electron chi connectivity index (χ1n) is 11.3. The second-order valence-corrected chi connectivity index (χ2v) is 9.38. The van der Waals surface area contributed by atoms with E-state index in [2.05, 4.69) is 15.4 Å². The van der Waals surface area contributed by atoms with Crippen molar-refractivity contribution in [3.63, 3.8) is 0 Å². The summed E-state index contributed by atoms with van der Waals surface area (Å²) in [6, 6.07) is 6.81. The number of primary amides is 1. The van der Waals surface area contributed by atoms with E-state index in [0.717, 1.165) is 16.7 Å². The maximum Gasteiger partial charge on any atom is 0.404 e. The fourth-order valence-electron chi connectivity index (χ4n) is 4.04. The molecule has 0 saturated carbocycles. The van der Waals surface area contributed by atoms with Crippen LogP contribution in [0.2, 0.25) is 0 Å². The van der Waals surface area contributed by atoms with E-state index in [9.17, 15) is 39.0 Å². The average molecular weight is 551 g/mol. The highest BCUT2D eigenvalue weighted by molar-refractivity contribution is 8.00. The molecule has 2 aliphatic rings. The SMILES string of the molecule is CO[C@@]1(NC(=O)CCCC(NC(=O)c2ccccc2)C(=O)O)C(=O)N2C(C(=O)O)=C(COC(N)=O)CS[C@H]21. The number of thioether (sulfide) groups is 1. The molecule has 4 amide bonds. The van der Waals surface area contributed by atoms with Crippen molar-refractivity contribution in [2.45, 2.75) is 36.4 Å². The molecule has 204 valence electrons. The highest BCUT2D eigenvalue weighted by atomic mass is 32.2. The maximum atomic E-state index is 13.0. The van der Waals surface area contributed by atoms with Gasteiger partial charge >= 0.3 is 18.0 Å². The van der Waals surface area contributed by atoms with Crippen LogP contribution in [0.5, 0.6) is 0 Å². The van der Waals surface area contributed by atoms with Crippen LogP contribution in [-0.4, -0.2) is 87.5 Å². The molecule has 1 aromatic carbocycles. The summed E-state index contributed by atoms with van der Waals surface area (Å²) in [5.41, 5.74) is 3.15. The van der Waals surface area contributed by atoms with Gasteiger partial charge in [-0.05, 0) is 25.0 Å². The number of fused-ring (bicyclic) bond motifs is 1. The first-order valence-corrected chi connectivity index (χ1v) is 12.3. The first-order chi connectivity index (χ1) is 18.0. The molecule has 0 bridgehead atoms. The molecule has 14 nitrogen and oxygen atoms in total. The number of carbonyl (C=O) groups is 6. The number of benzene rings is 1. The van der Waals surface area contributed by atoms with Crippen LogP contribution in [0.1, 0.15) is 29.6 Å². The number of carbonyl (C=O) groups excluding carboxylic acids is 4. The summed E-state index contributed by atoms with van der Waals surface area (Å²) in [6.07, 6.45) is -1.30. The normalized spacial score (nSPS) is 21.0. The van der Waals surface area contributed by atoms with Crippen LogP contribution in [0.4, 0.5) is 4.79 Å². The van der Waals surface area contributed by atoms with E-state index in [0.29, 0.717) is 0 Å². The number of amides is 4. The van der Waals surface area contributed by atoms with E-state index in [1.54, 1.807) is 18.2 Å². The summed E-state index contributed by atoms with van der Waals surface area (Å²) in [5, 5.41) is 23.1. The molecule has 0 radical (unpaired) electrons.